The van der Waals surface area contributed by atoms with Gasteiger partial charge < -0.3 is 4.74 Å². The highest BCUT2D eigenvalue weighted by Gasteiger charge is 2.73. The van der Waals surface area contributed by atoms with E-state index >= 15 is 0 Å². The Balaban J connectivity index is 1.30. The van der Waals surface area contributed by atoms with Gasteiger partial charge in [0, 0.05) is 13.1 Å². The van der Waals surface area contributed by atoms with E-state index in [2.05, 4.69) is 41.3 Å². The molecule has 3 heterocycles. The van der Waals surface area contributed by atoms with Crippen molar-refractivity contribution in [3.63, 3.8) is 0 Å². The van der Waals surface area contributed by atoms with E-state index in [1.165, 1.54) is 30.5 Å². The van der Waals surface area contributed by atoms with E-state index in [1.807, 2.05) is 23.1 Å². The molecule has 1 saturated carbocycles. The lowest BCUT2D eigenvalue weighted by Crippen LogP contribution is -2.63. The quantitative estimate of drug-likeness (QED) is 0.820. The molecule has 3 aliphatic heterocycles. The summed E-state index contributed by atoms with van der Waals surface area (Å²) in [7, 11) is 0. The van der Waals surface area contributed by atoms with Gasteiger partial charge in [0.05, 0.1) is 11.6 Å². The molecule has 0 radical (unpaired) electrons. The number of nitrogens with zero attached hydrogens (tertiary/aromatic N) is 2. The third-order valence-electron chi connectivity index (χ3n) is 7.28. The molecule has 4 aliphatic rings. The fourth-order valence-corrected chi connectivity index (χ4v) is 5.79. The van der Waals surface area contributed by atoms with Crippen molar-refractivity contribution in [3.8, 4) is 0 Å². The van der Waals surface area contributed by atoms with E-state index in [0.29, 0.717) is 6.54 Å². The second kappa shape index (κ2) is 5.59. The molecule has 2 saturated heterocycles. The average molecular weight is 360 g/mol. The van der Waals surface area contributed by atoms with E-state index in [9.17, 15) is 4.79 Å². The summed E-state index contributed by atoms with van der Waals surface area (Å²) in [4.78, 5) is 17.7. The fourth-order valence-electron chi connectivity index (χ4n) is 5.79. The Labute approximate surface area is 159 Å². The van der Waals surface area contributed by atoms with Crippen LogP contribution in [0.1, 0.15) is 35.6 Å². The molecule has 0 N–H and O–H groups in total. The third-order valence-corrected chi connectivity index (χ3v) is 7.28. The van der Waals surface area contributed by atoms with Gasteiger partial charge in [-0.3, -0.25) is 9.80 Å². The Morgan fingerprint density at radius 1 is 1.04 bits per heavy atom. The molecule has 4 unspecified atom stereocenters. The summed E-state index contributed by atoms with van der Waals surface area (Å²) in [6.45, 7) is 2.81. The summed E-state index contributed by atoms with van der Waals surface area (Å²) in [5.74, 6) is 0.760. The van der Waals surface area contributed by atoms with Crippen LogP contribution in [0.5, 0.6) is 0 Å². The van der Waals surface area contributed by atoms with Crippen LogP contribution in [0.15, 0.2) is 54.6 Å². The van der Waals surface area contributed by atoms with Gasteiger partial charge in [-0.25, -0.2) is 4.79 Å². The lowest BCUT2D eigenvalue weighted by Gasteiger charge is -2.47. The Morgan fingerprint density at radius 3 is 2.67 bits per heavy atom. The zero-order valence-electron chi connectivity index (χ0n) is 15.4. The molecule has 3 fully saturated rings. The number of fused-ring (bicyclic) bond motifs is 1. The number of hydrogen-bond acceptors (Lipinski definition) is 3. The lowest BCUT2D eigenvalue weighted by molar-refractivity contribution is -0.0825. The predicted molar refractivity (Wildman–Crippen MR) is 102 cm³/mol. The Hall–Kier alpha value is -2.33. The lowest BCUT2D eigenvalue weighted by atomic mass is 9.88. The minimum atomic E-state index is -0.144. The van der Waals surface area contributed by atoms with Crippen LogP contribution in [-0.4, -0.2) is 47.2 Å². The van der Waals surface area contributed by atoms with Crippen molar-refractivity contribution in [3.05, 3.63) is 71.3 Å². The largest absolute Gasteiger partial charge is 0.443 e. The standard InChI is InChI=1S/C23H24N2O2/c26-22(27-20-15-24-12-11-18-14-23(18,20)24)25-13-10-16-6-4-5-9-19(16)21(25)17-7-2-1-3-8-17/h1-9,18,20-21H,10-15H2. The first-order valence-corrected chi connectivity index (χ1v) is 10.1. The highest BCUT2D eigenvalue weighted by atomic mass is 16.6. The van der Waals surface area contributed by atoms with Gasteiger partial charge in [-0.1, -0.05) is 54.6 Å². The average Bonchev–Trinajstić information content (AvgIpc) is 3.41. The van der Waals surface area contributed by atoms with Crippen molar-refractivity contribution in [2.24, 2.45) is 5.92 Å². The van der Waals surface area contributed by atoms with Crippen LogP contribution >= 0.6 is 0 Å². The zero-order chi connectivity index (χ0) is 18.0. The third kappa shape index (κ3) is 2.16. The highest BCUT2D eigenvalue weighted by Crippen LogP contribution is 2.63. The number of carbonyl (C=O) groups is 1. The van der Waals surface area contributed by atoms with Gasteiger partial charge in [0.15, 0.2) is 0 Å². The number of piperidine rings is 1. The number of ether oxygens (including phenoxy) is 1. The molecule has 1 spiro atoms. The zero-order valence-corrected chi connectivity index (χ0v) is 15.4. The van der Waals surface area contributed by atoms with Crippen molar-refractivity contribution < 1.29 is 9.53 Å². The van der Waals surface area contributed by atoms with Gasteiger partial charge >= 0.3 is 6.09 Å². The van der Waals surface area contributed by atoms with Crippen molar-refractivity contribution >= 4 is 6.09 Å². The topological polar surface area (TPSA) is 32.8 Å². The summed E-state index contributed by atoms with van der Waals surface area (Å²) in [5.41, 5.74) is 3.93. The number of hydrogen-bond donors (Lipinski definition) is 0. The summed E-state index contributed by atoms with van der Waals surface area (Å²) >= 11 is 0. The molecule has 0 bridgehead atoms. The summed E-state index contributed by atoms with van der Waals surface area (Å²) in [6, 6.07) is 18.8. The van der Waals surface area contributed by atoms with Crippen LogP contribution in [0.2, 0.25) is 0 Å². The monoisotopic (exact) mass is 360 g/mol. The Morgan fingerprint density at radius 2 is 1.85 bits per heavy atom. The molecular weight excluding hydrogens is 336 g/mol. The first kappa shape index (κ1) is 15.7. The van der Waals surface area contributed by atoms with Gasteiger partial charge in [-0.2, -0.15) is 0 Å². The predicted octanol–water partition coefficient (Wildman–Crippen LogP) is 3.62. The molecule has 138 valence electrons. The van der Waals surface area contributed by atoms with Gasteiger partial charge in [0.1, 0.15) is 6.10 Å². The number of rotatable bonds is 2. The fraction of sp³-hybridized carbons (Fsp3) is 0.435. The molecule has 4 heteroatoms. The highest BCUT2D eigenvalue weighted by molar-refractivity contribution is 5.71. The number of amides is 1. The van der Waals surface area contributed by atoms with Crippen LogP contribution in [0, 0.1) is 5.92 Å². The second-order valence-corrected chi connectivity index (χ2v) is 8.45. The van der Waals surface area contributed by atoms with Crippen LogP contribution in [0.25, 0.3) is 0 Å². The second-order valence-electron chi connectivity index (χ2n) is 8.45. The van der Waals surface area contributed by atoms with Crippen LogP contribution in [0.4, 0.5) is 4.79 Å². The number of carbonyl (C=O) groups excluding carboxylic acids is 1. The maximum Gasteiger partial charge on any atom is 0.410 e. The molecule has 6 rings (SSSR count). The van der Waals surface area contributed by atoms with Crippen molar-refractivity contribution in [2.45, 2.75) is 36.9 Å². The van der Waals surface area contributed by atoms with Gasteiger partial charge in [0.2, 0.25) is 0 Å². The van der Waals surface area contributed by atoms with E-state index in [1.54, 1.807) is 0 Å². The number of benzene rings is 2. The molecule has 0 aromatic heterocycles. The Kier molecular flexibility index (Phi) is 3.25. The molecular formula is C23H24N2O2. The molecule has 4 atom stereocenters. The SMILES string of the molecule is O=C(OC1CN2CCC3CC312)N1CCc2ccccc2C1c1ccccc1. The molecule has 2 aromatic rings. The smallest absolute Gasteiger partial charge is 0.410 e. The molecule has 1 aliphatic carbocycles. The van der Waals surface area contributed by atoms with Gasteiger partial charge in [0.25, 0.3) is 0 Å². The van der Waals surface area contributed by atoms with Gasteiger partial charge in [-0.05, 0) is 48.4 Å². The van der Waals surface area contributed by atoms with E-state index < -0.39 is 0 Å². The summed E-state index contributed by atoms with van der Waals surface area (Å²) in [6.07, 6.45) is 3.33. The van der Waals surface area contributed by atoms with E-state index in [0.717, 1.165) is 24.4 Å². The van der Waals surface area contributed by atoms with Crippen LogP contribution in [-0.2, 0) is 11.2 Å². The molecule has 4 nitrogen and oxygen atoms in total. The summed E-state index contributed by atoms with van der Waals surface area (Å²) in [5, 5.41) is 0. The molecule has 27 heavy (non-hydrogen) atoms. The van der Waals surface area contributed by atoms with Crippen LogP contribution < -0.4 is 0 Å². The van der Waals surface area contributed by atoms with Crippen molar-refractivity contribution in [2.75, 3.05) is 19.6 Å². The summed E-state index contributed by atoms with van der Waals surface area (Å²) < 4.78 is 6.10. The normalized spacial score (nSPS) is 33.5. The van der Waals surface area contributed by atoms with Crippen molar-refractivity contribution in [1.82, 2.24) is 9.80 Å². The Bertz CT molecular complexity index is 898. The maximum absolute atomic E-state index is 13.2. The molecule has 1 amide bonds. The maximum atomic E-state index is 13.2. The van der Waals surface area contributed by atoms with E-state index in [4.69, 9.17) is 4.74 Å². The van der Waals surface area contributed by atoms with Gasteiger partial charge in [-0.15, -0.1) is 0 Å². The van der Waals surface area contributed by atoms with Crippen LogP contribution in [0.3, 0.4) is 0 Å². The minimum Gasteiger partial charge on any atom is -0.443 e. The minimum absolute atomic E-state index is 0.0593. The van der Waals surface area contributed by atoms with Crippen molar-refractivity contribution in [1.29, 1.82) is 0 Å². The first-order valence-electron chi connectivity index (χ1n) is 10.1. The molecule has 2 aromatic carbocycles. The first-order chi connectivity index (χ1) is 13.3. The van der Waals surface area contributed by atoms with E-state index in [-0.39, 0.29) is 23.8 Å².